The van der Waals surface area contributed by atoms with Crippen LogP contribution in [-0.2, 0) is 0 Å². The monoisotopic (exact) mass is 415 g/mol. The van der Waals surface area contributed by atoms with Gasteiger partial charge in [0.25, 0.3) is 0 Å². The van der Waals surface area contributed by atoms with Gasteiger partial charge in [0.1, 0.15) is 0 Å². The number of anilines is 1. The highest BCUT2D eigenvalue weighted by molar-refractivity contribution is 6.39. The van der Waals surface area contributed by atoms with E-state index < -0.39 is 11.8 Å². The summed E-state index contributed by atoms with van der Waals surface area (Å²) < 4.78 is 2.53. The van der Waals surface area contributed by atoms with Crippen LogP contribution in [-0.4, -0.2) is 46.6 Å². The van der Waals surface area contributed by atoms with Crippen LogP contribution in [0.25, 0.3) is 21.8 Å². The van der Waals surface area contributed by atoms with Gasteiger partial charge < -0.3 is 4.90 Å². The van der Waals surface area contributed by atoms with Gasteiger partial charge in [0.2, 0.25) is 0 Å². The van der Waals surface area contributed by atoms with Gasteiger partial charge in [-0.15, -0.1) is 0 Å². The van der Waals surface area contributed by atoms with Crippen LogP contribution in [0.4, 0.5) is 5.69 Å². The lowest BCUT2D eigenvalue weighted by Crippen LogP contribution is -2.26. The molecule has 0 saturated heterocycles. The van der Waals surface area contributed by atoms with Gasteiger partial charge in [-0.2, -0.15) is 0 Å². The molecule has 31 heavy (non-hydrogen) atoms. The summed E-state index contributed by atoms with van der Waals surface area (Å²) in [6.45, 7) is 2.93. The Morgan fingerprint density at radius 2 is 1.32 bits per heavy atom. The highest BCUT2D eigenvalue weighted by Crippen LogP contribution is 2.32. The predicted molar refractivity (Wildman–Crippen MR) is 119 cm³/mol. The zero-order valence-electron chi connectivity index (χ0n) is 17.7. The minimum atomic E-state index is -0.760. The van der Waals surface area contributed by atoms with E-state index >= 15 is 0 Å². The van der Waals surface area contributed by atoms with Crippen LogP contribution in [0.15, 0.2) is 54.9 Å². The molecular weight excluding hydrogens is 394 g/mol. The van der Waals surface area contributed by atoms with Crippen LogP contribution >= 0.6 is 0 Å². The van der Waals surface area contributed by atoms with E-state index in [0.717, 1.165) is 0 Å². The molecule has 0 atom stereocenters. The third kappa shape index (κ3) is 3.15. The zero-order chi connectivity index (χ0) is 22.4. The van der Waals surface area contributed by atoms with Crippen molar-refractivity contribution < 1.29 is 19.2 Å². The van der Waals surface area contributed by atoms with Crippen molar-refractivity contribution in [1.82, 2.24) is 9.13 Å². The third-order valence-electron chi connectivity index (χ3n) is 5.40. The normalized spacial score (nSPS) is 11.1. The Balaban J connectivity index is 1.88. The molecule has 0 saturated carbocycles. The van der Waals surface area contributed by atoms with Crippen molar-refractivity contribution in [3.8, 4) is 0 Å². The third-order valence-corrected chi connectivity index (χ3v) is 5.40. The molecule has 0 fully saturated rings. The fourth-order valence-corrected chi connectivity index (χ4v) is 3.92. The van der Waals surface area contributed by atoms with Crippen molar-refractivity contribution in [2.75, 3.05) is 19.0 Å². The van der Waals surface area contributed by atoms with Crippen molar-refractivity contribution in [3.05, 3.63) is 66.0 Å². The zero-order valence-corrected chi connectivity index (χ0v) is 17.7. The number of hydrogen-bond donors (Lipinski definition) is 0. The molecule has 0 aliphatic heterocycles. The van der Waals surface area contributed by atoms with Gasteiger partial charge in [-0.05, 0) is 32.0 Å². The summed E-state index contributed by atoms with van der Waals surface area (Å²) in [5.41, 5.74) is 2.61. The number of carbonyl (C=O) groups is 4. The van der Waals surface area contributed by atoms with E-state index in [9.17, 15) is 19.2 Å². The second-order valence-corrected chi connectivity index (χ2v) is 7.63. The average molecular weight is 415 g/mol. The van der Waals surface area contributed by atoms with Crippen LogP contribution in [0, 0.1) is 0 Å². The van der Waals surface area contributed by atoms with Crippen molar-refractivity contribution >= 4 is 50.9 Å². The molecule has 7 nitrogen and oxygen atoms in total. The number of nitrogens with zero attached hydrogens (tertiary/aromatic N) is 3. The number of aromatic nitrogens is 2. The van der Waals surface area contributed by atoms with E-state index in [-0.39, 0.29) is 11.6 Å². The first kappa shape index (κ1) is 20.3. The molecule has 0 spiro atoms. The van der Waals surface area contributed by atoms with Crippen molar-refractivity contribution in [1.29, 1.82) is 0 Å². The lowest BCUT2D eigenvalue weighted by Gasteiger charge is -2.11. The first-order valence-electron chi connectivity index (χ1n) is 9.74. The number of fused-ring (bicyclic) bond motifs is 2. The van der Waals surface area contributed by atoms with Gasteiger partial charge in [0.15, 0.2) is 11.6 Å². The molecule has 0 N–H and O–H groups in total. The maximum absolute atomic E-state index is 13.3. The number of Topliss-reactive ketones (excluding diaryl/α,β-unsaturated/α-hetero) is 2. The van der Waals surface area contributed by atoms with Gasteiger partial charge in [-0.25, -0.2) is 0 Å². The molecule has 4 aromatic rings. The van der Waals surface area contributed by atoms with Crippen molar-refractivity contribution in [2.45, 2.75) is 13.8 Å². The highest BCUT2D eigenvalue weighted by Gasteiger charge is 2.25. The fraction of sp³-hybridized carbons (Fsp3) is 0.167. The summed E-state index contributed by atoms with van der Waals surface area (Å²) in [5, 5.41) is 1.23. The molecule has 2 aromatic heterocycles. The van der Waals surface area contributed by atoms with E-state index in [0.29, 0.717) is 38.6 Å². The summed E-state index contributed by atoms with van der Waals surface area (Å²) in [6, 6.07) is 11.8. The Kier molecular flexibility index (Phi) is 4.81. The van der Waals surface area contributed by atoms with Crippen LogP contribution in [0.2, 0.25) is 0 Å². The van der Waals surface area contributed by atoms with Crippen LogP contribution in [0.5, 0.6) is 0 Å². The molecule has 0 radical (unpaired) electrons. The molecule has 0 unspecified atom stereocenters. The molecule has 0 amide bonds. The molecule has 2 aromatic carbocycles. The number of hydrogen-bond acceptors (Lipinski definition) is 5. The fourth-order valence-electron chi connectivity index (χ4n) is 3.92. The average Bonchev–Trinajstić information content (AvgIpc) is 3.34. The van der Waals surface area contributed by atoms with Crippen molar-refractivity contribution in [3.63, 3.8) is 0 Å². The lowest BCUT2D eigenvalue weighted by atomic mass is 10.1. The maximum atomic E-state index is 13.3. The predicted octanol–water partition coefficient (Wildman–Crippen LogP) is 4.05. The minimum absolute atomic E-state index is 0.120. The molecular formula is C24H21N3O4. The summed E-state index contributed by atoms with van der Waals surface area (Å²) >= 11 is 0. The Hall–Kier alpha value is -4.00. The Morgan fingerprint density at radius 1 is 0.742 bits per heavy atom. The van der Waals surface area contributed by atoms with Crippen molar-refractivity contribution in [2.24, 2.45) is 0 Å². The van der Waals surface area contributed by atoms with E-state index in [4.69, 9.17) is 0 Å². The van der Waals surface area contributed by atoms with Crippen LogP contribution in [0.3, 0.4) is 0 Å². The molecule has 2 heterocycles. The highest BCUT2D eigenvalue weighted by atomic mass is 16.2. The topological polar surface area (TPSA) is 81.4 Å². The van der Waals surface area contributed by atoms with Gasteiger partial charge in [-0.3, -0.25) is 28.3 Å². The van der Waals surface area contributed by atoms with Gasteiger partial charge in [0, 0.05) is 48.4 Å². The van der Waals surface area contributed by atoms with Gasteiger partial charge in [-0.1, -0.05) is 24.3 Å². The lowest BCUT2D eigenvalue weighted by molar-refractivity contribution is 0.0722. The minimum Gasteiger partial charge on any atom is -0.376 e. The largest absolute Gasteiger partial charge is 0.376 e. The van der Waals surface area contributed by atoms with E-state index in [1.807, 2.05) is 14.1 Å². The number of ketones is 2. The number of benzene rings is 2. The first-order chi connectivity index (χ1) is 14.7. The quantitative estimate of drug-likeness (QED) is 0.372. The number of rotatable bonds is 3. The molecule has 4 rings (SSSR count). The SMILES string of the molecule is CC(=O)c1cccc2c1ccn2C(=O)C(=O)n1cc(N(C)C)c2c(C(C)=O)cccc21. The van der Waals surface area contributed by atoms with E-state index in [1.54, 1.807) is 53.6 Å². The summed E-state index contributed by atoms with van der Waals surface area (Å²) in [4.78, 5) is 52.3. The Morgan fingerprint density at radius 3 is 1.94 bits per heavy atom. The molecule has 0 aliphatic carbocycles. The van der Waals surface area contributed by atoms with Gasteiger partial charge in [0.05, 0.1) is 16.7 Å². The smallest absolute Gasteiger partial charge is 0.321 e. The molecule has 156 valence electrons. The molecule has 7 heteroatoms. The molecule has 0 bridgehead atoms. The standard InChI is InChI=1S/C24H21N3O4/c1-14(28)16-7-5-9-19-18(16)11-12-26(19)23(30)24(31)27-13-21(25(3)4)22-17(15(2)29)8-6-10-20(22)27/h5-13H,1-4H3. The second kappa shape index (κ2) is 7.36. The van der Waals surface area contributed by atoms with Crippen LogP contribution < -0.4 is 4.90 Å². The summed E-state index contributed by atoms with van der Waals surface area (Å²) in [7, 11) is 3.62. The summed E-state index contributed by atoms with van der Waals surface area (Å²) in [5.74, 6) is -1.76. The van der Waals surface area contributed by atoms with E-state index in [2.05, 4.69) is 0 Å². The summed E-state index contributed by atoms with van der Waals surface area (Å²) in [6.07, 6.45) is 3.07. The van der Waals surface area contributed by atoms with E-state index in [1.165, 1.54) is 29.2 Å². The van der Waals surface area contributed by atoms with Gasteiger partial charge >= 0.3 is 11.8 Å². The number of carbonyl (C=O) groups excluding carboxylic acids is 4. The second-order valence-electron chi connectivity index (χ2n) is 7.63. The molecule has 0 aliphatic rings. The van der Waals surface area contributed by atoms with Crippen LogP contribution in [0.1, 0.15) is 44.2 Å². The Labute approximate surface area is 178 Å². The maximum Gasteiger partial charge on any atom is 0.321 e. The Bertz CT molecular complexity index is 1410. The first-order valence-corrected chi connectivity index (χ1v) is 9.74.